The summed E-state index contributed by atoms with van der Waals surface area (Å²) < 4.78 is 0. The highest BCUT2D eigenvalue weighted by Crippen LogP contribution is 2.48. The lowest BCUT2D eigenvalue weighted by Gasteiger charge is -2.26. The lowest BCUT2D eigenvalue weighted by Crippen LogP contribution is -2.70. The van der Waals surface area contributed by atoms with Gasteiger partial charge in [0.15, 0.2) is 8.07 Å². The molecule has 3 nitrogen and oxygen atoms in total. The second kappa shape index (κ2) is 9.96. The summed E-state index contributed by atoms with van der Waals surface area (Å²) in [7, 11) is -2.48. The maximum atomic E-state index is 14.0. The summed E-state index contributed by atoms with van der Waals surface area (Å²) in [5, 5.41) is 5.91. The van der Waals surface area contributed by atoms with Gasteiger partial charge in [0.25, 0.3) is 11.8 Å². The Morgan fingerprint density at radius 3 is 2.05 bits per heavy atom. The summed E-state index contributed by atoms with van der Waals surface area (Å²) in [5.74, 6) is 0.155. The molecule has 0 fully saturated rings. The van der Waals surface area contributed by atoms with Gasteiger partial charge in [-0.2, -0.15) is 0 Å². The Morgan fingerprint density at radius 2 is 1.37 bits per heavy atom. The van der Waals surface area contributed by atoms with E-state index in [-0.39, 0.29) is 11.8 Å². The number of carbonyl (C=O) groups is 2. The third kappa shape index (κ3) is 3.62. The zero-order valence-corrected chi connectivity index (χ0v) is 28.3. The number of fused-ring (bicyclic) bond motifs is 11. The van der Waals surface area contributed by atoms with Gasteiger partial charge in [-0.25, -0.2) is 0 Å². The second-order valence-corrected chi connectivity index (χ2v) is 19.4. The van der Waals surface area contributed by atoms with Crippen LogP contribution in [0.5, 0.6) is 0 Å². The third-order valence-electron chi connectivity index (χ3n) is 9.76. The van der Waals surface area contributed by atoms with E-state index in [0.717, 1.165) is 40.3 Å². The molecule has 3 aliphatic rings. The molecule has 3 aliphatic heterocycles. The van der Waals surface area contributed by atoms with Gasteiger partial charge in [-0.05, 0) is 70.2 Å². The van der Waals surface area contributed by atoms with Crippen molar-refractivity contribution in [2.24, 2.45) is 5.92 Å². The van der Waals surface area contributed by atoms with Crippen LogP contribution in [0.3, 0.4) is 0 Å². The number of nitrogens with zero attached hydrogens (tertiary/aromatic N) is 1. The molecule has 2 amide bonds. The van der Waals surface area contributed by atoms with Gasteiger partial charge in [0.2, 0.25) is 0 Å². The minimum absolute atomic E-state index is 0.0975. The summed E-state index contributed by atoms with van der Waals surface area (Å²) >= 11 is 5.36. The van der Waals surface area contributed by atoms with Crippen LogP contribution in [0.1, 0.15) is 70.0 Å². The van der Waals surface area contributed by atoms with Crippen LogP contribution in [0.15, 0.2) is 60.7 Å². The van der Waals surface area contributed by atoms with E-state index < -0.39 is 8.07 Å². The highest BCUT2D eigenvalue weighted by atomic mass is 32.1. The van der Waals surface area contributed by atoms with Gasteiger partial charge in [0.05, 0.1) is 16.0 Å². The molecular formula is C36H33NO2S3Si. The molecule has 2 aromatic carbocycles. The molecule has 5 aromatic rings. The fraction of sp³-hybridized carbons (Fsp3) is 0.278. The number of aryl methyl sites for hydroxylation is 2. The van der Waals surface area contributed by atoms with Crippen LogP contribution in [0.4, 0.5) is 0 Å². The minimum Gasteiger partial charge on any atom is -0.274 e. The van der Waals surface area contributed by atoms with Crippen molar-refractivity contribution in [3.63, 3.8) is 0 Å². The van der Waals surface area contributed by atoms with E-state index in [1.54, 1.807) is 16.2 Å². The standard InChI is InChI=1S/C36H33NO2S3Si/c1-5-7-12-22(6-2)19-37-35(38)30-21(4)41-32(31(30)36(37)39)25-18-29-34(42-25)33-28(17-20(3)40-33)43(29)26-15-10-8-13-23(26)24-14-9-11-16-27(24)43/h8-11,13-18,22H,5-7,12,19H2,1-4H3. The molecule has 43 heavy (non-hydrogen) atoms. The number of rotatable bonds is 7. The van der Waals surface area contributed by atoms with Crippen molar-refractivity contribution in [3.05, 3.63) is 81.5 Å². The lowest BCUT2D eigenvalue weighted by molar-refractivity contribution is 0.0624. The van der Waals surface area contributed by atoms with Gasteiger partial charge in [-0.1, -0.05) is 81.6 Å². The molecule has 6 heterocycles. The number of benzene rings is 2. The Kier molecular flexibility index (Phi) is 6.36. The first-order chi connectivity index (χ1) is 20.9. The van der Waals surface area contributed by atoms with Gasteiger partial charge < -0.3 is 0 Å². The number of amides is 2. The largest absolute Gasteiger partial charge is 0.274 e. The zero-order chi connectivity index (χ0) is 29.6. The molecule has 0 bridgehead atoms. The molecule has 1 spiro atoms. The van der Waals surface area contributed by atoms with Gasteiger partial charge in [0.1, 0.15) is 0 Å². The van der Waals surface area contributed by atoms with Crippen molar-refractivity contribution in [1.29, 1.82) is 0 Å². The van der Waals surface area contributed by atoms with Crippen molar-refractivity contribution in [3.8, 4) is 30.6 Å². The second-order valence-electron chi connectivity index (χ2n) is 12.2. The number of unbranched alkanes of at least 4 members (excludes halogenated alkanes) is 1. The van der Waals surface area contributed by atoms with Crippen molar-refractivity contribution < 1.29 is 9.59 Å². The van der Waals surface area contributed by atoms with Crippen molar-refractivity contribution >= 4 is 74.6 Å². The molecule has 0 aliphatic carbocycles. The number of hydrogen-bond donors (Lipinski definition) is 0. The van der Waals surface area contributed by atoms with Crippen LogP contribution in [0.25, 0.3) is 30.6 Å². The average molecular weight is 636 g/mol. The van der Waals surface area contributed by atoms with Crippen LogP contribution in [-0.4, -0.2) is 31.3 Å². The number of hydrogen-bond acceptors (Lipinski definition) is 5. The Balaban J connectivity index is 1.29. The summed E-state index contributed by atoms with van der Waals surface area (Å²) in [6.45, 7) is 9.13. The fourth-order valence-corrected chi connectivity index (χ4v) is 18.2. The smallest absolute Gasteiger partial charge is 0.263 e. The first-order valence-electron chi connectivity index (χ1n) is 15.3. The molecule has 1 unspecified atom stereocenters. The molecule has 8 rings (SSSR count). The molecule has 216 valence electrons. The van der Waals surface area contributed by atoms with E-state index in [1.807, 2.05) is 29.6 Å². The van der Waals surface area contributed by atoms with E-state index in [0.29, 0.717) is 23.6 Å². The third-order valence-corrected chi connectivity index (χ3v) is 18.7. The van der Waals surface area contributed by atoms with E-state index in [2.05, 4.69) is 81.4 Å². The minimum atomic E-state index is -2.48. The van der Waals surface area contributed by atoms with Gasteiger partial charge >= 0.3 is 0 Å². The highest BCUT2D eigenvalue weighted by Gasteiger charge is 2.56. The monoisotopic (exact) mass is 635 g/mol. The van der Waals surface area contributed by atoms with Crippen molar-refractivity contribution in [2.75, 3.05) is 6.54 Å². The Morgan fingerprint density at radius 1 is 0.744 bits per heavy atom. The molecule has 1 atom stereocenters. The quantitative estimate of drug-likeness (QED) is 0.136. The maximum Gasteiger partial charge on any atom is 0.263 e. The van der Waals surface area contributed by atoms with E-state index >= 15 is 0 Å². The van der Waals surface area contributed by atoms with Crippen LogP contribution < -0.4 is 20.7 Å². The van der Waals surface area contributed by atoms with Gasteiger partial charge in [-0.15, -0.1) is 34.0 Å². The number of carbonyl (C=O) groups excluding carboxylic acids is 2. The summed E-state index contributed by atoms with van der Waals surface area (Å²) in [5.41, 5.74) is 4.00. The molecule has 0 radical (unpaired) electrons. The van der Waals surface area contributed by atoms with Crippen LogP contribution in [-0.2, 0) is 0 Å². The molecule has 0 saturated carbocycles. The Hall–Kier alpha value is -3.10. The van der Waals surface area contributed by atoms with Crippen LogP contribution in [0.2, 0.25) is 0 Å². The fourth-order valence-electron chi connectivity index (χ4n) is 7.76. The number of imide groups is 1. The van der Waals surface area contributed by atoms with Crippen LogP contribution >= 0.6 is 34.0 Å². The highest BCUT2D eigenvalue weighted by molar-refractivity contribution is 7.36. The molecule has 7 heteroatoms. The summed E-state index contributed by atoms with van der Waals surface area (Å²) in [6, 6.07) is 22.9. The topological polar surface area (TPSA) is 37.4 Å². The molecular weight excluding hydrogens is 603 g/mol. The maximum absolute atomic E-state index is 14.0. The first kappa shape index (κ1) is 27.4. The van der Waals surface area contributed by atoms with Gasteiger partial charge in [0, 0.05) is 30.9 Å². The van der Waals surface area contributed by atoms with E-state index in [9.17, 15) is 9.59 Å². The molecule has 3 aromatic heterocycles. The number of thiophene rings is 3. The summed E-state index contributed by atoms with van der Waals surface area (Å²) in [4.78, 5) is 36.5. The summed E-state index contributed by atoms with van der Waals surface area (Å²) in [6.07, 6.45) is 4.29. The van der Waals surface area contributed by atoms with E-state index in [4.69, 9.17) is 0 Å². The SMILES string of the molecule is CCCCC(CC)CN1C(=O)c2c(C)sc(-c3cc4c(s3)-c3sc(C)cc3[Si]43c4ccccc4-c4ccccc43)c2C1=O. The normalized spacial score (nSPS) is 16.0. The molecule has 0 N–H and O–H groups in total. The van der Waals surface area contributed by atoms with Crippen molar-refractivity contribution in [1.82, 2.24) is 4.90 Å². The predicted octanol–water partition coefficient (Wildman–Crippen LogP) is 7.31. The zero-order valence-electron chi connectivity index (χ0n) is 24.9. The lowest BCUT2D eigenvalue weighted by atomic mass is 9.99. The average Bonchev–Trinajstić information content (AvgIpc) is 3.83. The Bertz CT molecular complexity index is 1930. The van der Waals surface area contributed by atoms with Crippen molar-refractivity contribution in [2.45, 2.75) is 53.4 Å². The van der Waals surface area contributed by atoms with Crippen LogP contribution in [0, 0.1) is 19.8 Å². The van der Waals surface area contributed by atoms with E-state index in [1.165, 1.54) is 46.5 Å². The Labute approximate surface area is 265 Å². The predicted molar refractivity (Wildman–Crippen MR) is 185 cm³/mol. The van der Waals surface area contributed by atoms with Gasteiger partial charge in [-0.3, -0.25) is 14.5 Å². The molecule has 0 saturated heterocycles. The first-order valence-corrected chi connectivity index (χ1v) is 19.8.